The third-order valence-electron chi connectivity index (χ3n) is 3.49. The molecule has 4 atom stereocenters. The zero-order chi connectivity index (χ0) is 16.3. The van der Waals surface area contributed by atoms with Gasteiger partial charge in [-0.2, -0.15) is 17.9 Å². The number of allylic oxidation sites excluding steroid dienone is 2. The number of hydrogen-bond donors (Lipinski definition) is 3. The fourth-order valence-electron chi connectivity index (χ4n) is 2.02. The van der Waals surface area contributed by atoms with Gasteiger partial charge in [0.1, 0.15) is 0 Å². The van der Waals surface area contributed by atoms with Gasteiger partial charge in [-0.1, -0.05) is 32.1 Å². The molecule has 4 nitrogen and oxygen atoms in total. The van der Waals surface area contributed by atoms with Gasteiger partial charge in [0, 0.05) is 43.3 Å². The molecule has 5 heteroatoms. The Balaban J connectivity index is 4.54. The van der Waals surface area contributed by atoms with E-state index in [2.05, 4.69) is 12.6 Å². The summed E-state index contributed by atoms with van der Waals surface area (Å²) >= 11 is 4.23. The Labute approximate surface area is 134 Å². The Morgan fingerprint density at radius 3 is 2.10 bits per heavy atom. The molecule has 21 heavy (non-hydrogen) atoms. The minimum absolute atomic E-state index is 0.0745. The number of rotatable bonds is 10. The molecular formula is C16H28N2O2S. The Morgan fingerprint density at radius 2 is 1.67 bits per heavy atom. The van der Waals surface area contributed by atoms with Gasteiger partial charge in [-0.25, -0.2) is 0 Å². The van der Waals surface area contributed by atoms with Crippen LogP contribution in [0.5, 0.6) is 0 Å². The van der Waals surface area contributed by atoms with Crippen LogP contribution in [-0.4, -0.2) is 52.7 Å². The number of hydrogen-bond acceptors (Lipinski definition) is 5. The number of nitriles is 1. The normalized spacial score (nSPS) is 18.0. The molecule has 2 N–H and O–H groups in total. The molecule has 0 aromatic rings. The number of aliphatic hydroxyl groups excluding tert-OH is 2. The second-order valence-electron chi connectivity index (χ2n) is 5.35. The van der Waals surface area contributed by atoms with Crippen molar-refractivity contribution < 1.29 is 10.2 Å². The lowest BCUT2D eigenvalue weighted by Crippen LogP contribution is -2.42. The lowest BCUT2D eigenvalue weighted by atomic mass is 10.0. The van der Waals surface area contributed by atoms with Crippen LogP contribution < -0.4 is 0 Å². The monoisotopic (exact) mass is 312 g/mol. The average molecular weight is 312 g/mol. The van der Waals surface area contributed by atoms with E-state index in [1.807, 2.05) is 43.9 Å². The molecule has 0 aliphatic rings. The SMILES string of the molecule is C/C=C\C(C)C(O)CN(CCS)CC(O)C(C)/C=C\C#N. The van der Waals surface area contributed by atoms with Gasteiger partial charge in [0.05, 0.1) is 18.3 Å². The Kier molecular flexibility index (Phi) is 11.4. The van der Waals surface area contributed by atoms with Gasteiger partial charge >= 0.3 is 0 Å². The third kappa shape index (κ3) is 8.94. The highest BCUT2D eigenvalue weighted by Crippen LogP contribution is 2.11. The van der Waals surface area contributed by atoms with Crippen molar-refractivity contribution in [2.24, 2.45) is 11.8 Å². The van der Waals surface area contributed by atoms with Crippen molar-refractivity contribution in [1.82, 2.24) is 4.90 Å². The van der Waals surface area contributed by atoms with E-state index >= 15 is 0 Å². The molecular weight excluding hydrogens is 284 g/mol. The molecule has 0 saturated carbocycles. The summed E-state index contributed by atoms with van der Waals surface area (Å²) in [5.74, 6) is 0.641. The van der Waals surface area contributed by atoms with Gasteiger partial charge in [-0.3, -0.25) is 4.90 Å². The summed E-state index contributed by atoms with van der Waals surface area (Å²) in [6, 6.07) is 1.93. The first kappa shape index (κ1) is 20.2. The van der Waals surface area contributed by atoms with Crippen molar-refractivity contribution in [3.8, 4) is 6.07 Å². The first-order chi connectivity index (χ1) is 9.96. The first-order valence-corrected chi connectivity index (χ1v) is 7.97. The molecule has 0 amide bonds. The molecule has 0 bridgehead atoms. The molecule has 0 aliphatic heterocycles. The van der Waals surface area contributed by atoms with E-state index < -0.39 is 12.2 Å². The molecule has 0 aromatic carbocycles. The van der Waals surface area contributed by atoms with Crippen molar-refractivity contribution in [3.63, 3.8) is 0 Å². The number of aliphatic hydroxyl groups is 2. The van der Waals surface area contributed by atoms with Gasteiger partial charge in [0.25, 0.3) is 0 Å². The maximum absolute atomic E-state index is 10.2. The molecule has 4 unspecified atom stereocenters. The van der Waals surface area contributed by atoms with Crippen molar-refractivity contribution in [2.75, 3.05) is 25.4 Å². The molecule has 0 aromatic heterocycles. The highest BCUT2D eigenvalue weighted by molar-refractivity contribution is 7.80. The summed E-state index contributed by atoms with van der Waals surface area (Å²) in [5, 5.41) is 28.9. The lowest BCUT2D eigenvalue weighted by Gasteiger charge is -2.29. The average Bonchev–Trinajstić information content (AvgIpc) is 2.44. The largest absolute Gasteiger partial charge is 0.391 e. The molecule has 0 saturated heterocycles. The fourth-order valence-corrected chi connectivity index (χ4v) is 2.30. The summed E-state index contributed by atoms with van der Waals surface area (Å²) < 4.78 is 0. The van der Waals surface area contributed by atoms with Crippen molar-refractivity contribution in [3.05, 3.63) is 24.3 Å². The van der Waals surface area contributed by atoms with Crippen LogP contribution in [0.2, 0.25) is 0 Å². The van der Waals surface area contributed by atoms with Crippen LogP contribution in [0, 0.1) is 23.2 Å². The molecule has 120 valence electrons. The minimum Gasteiger partial charge on any atom is -0.391 e. The topological polar surface area (TPSA) is 67.5 Å². The molecule has 0 spiro atoms. The van der Waals surface area contributed by atoms with E-state index in [0.29, 0.717) is 25.4 Å². The Bertz CT molecular complexity index is 366. The predicted octanol–water partition coefficient (Wildman–Crippen LogP) is 1.87. The first-order valence-electron chi connectivity index (χ1n) is 7.34. The summed E-state index contributed by atoms with van der Waals surface area (Å²) in [5.41, 5.74) is 0. The van der Waals surface area contributed by atoms with Crippen LogP contribution in [0.3, 0.4) is 0 Å². The van der Waals surface area contributed by atoms with Crippen LogP contribution >= 0.6 is 12.6 Å². The summed E-state index contributed by atoms with van der Waals surface area (Å²) in [6.45, 7) is 7.43. The van der Waals surface area contributed by atoms with Crippen LogP contribution in [0.15, 0.2) is 24.3 Å². The number of nitrogens with zero attached hydrogens (tertiary/aromatic N) is 2. The Hall–Kier alpha value is -0.800. The van der Waals surface area contributed by atoms with E-state index in [-0.39, 0.29) is 11.8 Å². The van der Waals surface area contributed by atoms with Crippen LogP contribution in [0.1, 0.15) is 20.8 Å². The van der Waals surface area contributed by atoms with Crippen LogP contribution in [0.4, 0.5) is 0 Å². The van der Waals surface area contributed by atoms with E-state index in [1.165, 1.54) is 6.08 Å². The smallest absolute Gasteiger partial charge is 0.0908 e. The van der Waals surface area contributed by atoms with Crippen molar-refractivity contribution >= 4 is 12.6 Å². The Morgan fingerprint density at radius 1 is 1.14 bits per heavy atom. The van der Waals surface area contributed by atoms with E-state index in [0.717, 1.165) is 0 Å². The van der Waals surface area contributed by atoms with Crippen molar-refractivity contribution in [2.45, 2.75) is 33.0 Å². The van der Waals surface area contributed by atoms with E-state index in [9.17, 15) is 10.2 Å². The quantitative estimate of drug-likeness (QED) is 0.327. The maximum Gasteiger partial charge on any atom is 0.0908 e. The van der Waals surface area contributed by atoms with E-state index in [4.69, 9.17) is 5.26 Å². The minimum atomic E-state index is -0.571. The van der Waals surface area contributed by atoms with Gasteiger partial charge in [-0.15, -0.1) is 0 Å². The lowest BCUT2D eigenvalue weighted by molar-refractivity contribution is 0.0462. The fraction of sp³-hybridized carbons (Fsp3) is 0.688. The van der Waals surface area contributed by atoms with Crippen LogP contribution in [-0.2, 0) is 0 Å². The highest BCUT2D eigenvalue weighted by Gasteiger charge is 2.20. The van der Waals surface area contributed by atoms with Gasteiger partial charge < -0.3 is 10.2 Å². The third-order valence-corrected chi connectivity index (χ3v) is 3.69. The zero-order valence-electron chi connectivity index (χ0n) is 13.2. The van der Waals surface area contributed by atoms with Gasteiger partial charge in [-0.05, 0) is 6.92 Å². The molecule has 0 heterocycles. The second kappa shape index (κ2) is 11.8. The predicted molar refractivity (Wildman–Crippen MR) is 90.2 cm³/mol. The summed E-state index contributed by atoms with van der Waals surface area (Å²) in [4.78, 5) is 2.01. The van der Waals surface area contributed by atoms with Crippen molar-refractivity contribution in [1.29, 1.82) is 5.26 Å². The van der Waals surface area contributed by atoms with Crippen LogP contribution in [0.25, 0.3) is 0 Å². The number of thiol groups is 1. The standard InChI is InChI=1S/C16H28N2O2S/c1-4-6-13(2)15(19)11-18(9-10-21)12-16(20)14(3)7-5-8-17/h4-7,13-16,19-21H,9-12H2,1-3H3/b6-4-,7-5-. The maximum atomic E-state index is 10.2. The molecule has 0 aliphatic carbocycles. The molecule has 0 rings (SSSR count). The zero-order valence-corrected chi connectivity index (χ0v) is 14.1. The highest BCUT2D eigenvalue weighted by atomic mass is 32.1. The molecule has 0 radical (unpaired) electrons. The van der Waals surface area contributed by atoms with Gasteiger partial charge in [0.15, 0.2) is 0 Å². The second-order valence-corrected chi connectivity index (χ2v) is 5.80. The van der Waals surface area contributed by atoms with E-state index in [1.54, 1.807) is 6.08 Å². The van der Waals surface area contributed by atoms with Gasteiger partial charge in [0.2, 0.25) is 0 Å². The summed E-state index contributed by atoms with van der Waals surface area (Å²) in [6.07, 6.45) is 5.94. The summed E-state index contributed by atoms with van der Waals surface area (Å²) in [7, 11) is 0. The molecule has 0 fully saturated rings.